The lowest BCUT2D eigenvalue weighted by molar-refractivity contribution is -0.144. The summed E-state index contributed by atoms with van der Waals surface area (Å²) in [5.41, 5.74) is 8.41. The summed E-state index contributed by atoms with van der Waals surface area (Å²) in [6.07, 6.45) is 0.671. The fraction of sp³-hybridized carbons (Fsp3) is 0.242. The summed E-state index contributed by atoms with van der Waals surface area (Å²) in [4.78, 5) is 50.7. The fourth-order valence-corrected chi connectivity index (χ4v) is 5.76. The van der Waals surface area contributed by atoms with E-state index in [9.17, 15) is 29.0 Å². The van der Waals surface area contributed by atoms with Crippen LogP contribution in [0.3, 0.4) is 0 Å². The number of aliphatic hydroxyl groups is 1. The highest BCUT2D eigenvalue weighted by Gasteiger charge is 2.47. The largest absolute Gasteiger partial charge is 0.480 e. The minimum absolute atomic E-state index is 0.000250. The zero-order valence-corrected chi connectivity index (χ0v) is 25.4. The molecule has 6 N–H and O–H groups in total. The van der Waals surface area contributed by atoms with Crippen molar-refractivity contribution in [3.63, 3.8) is 0 Å². The van der Waals surface area contributed by atoms with Crippen LogP contribution in [0.25, 0.3) is 22.6 Å². The van der Waals surface area contributed by atoms with Crippen molar-refractivity contribution in [1.29, 1.82) is 0 Å². The van der Waals surface area contributed by atoms with E-state index in [0.717, 1.165) is 5.56 Å². The normalized spacial score (nSPS) is 16.8. The first kappa shape index (κ1) is 31.2. The van der Waals surface area contributed by atoms with Crippen molar-refractivity contribution in [2.24, 2.45) is 0 Å². The predicted molar refractivity (Wildman–Crippen MR) is 170 cm³/mol. The molecule has 2 unspecified atom stereocenters. The third kappa shape index (κ3) is 5.74. The molecule has 3 atom stereocenters. The first-order valence-corrected chi connectivity index (χ1v) is 14.8. The Kier molecular flexibility index (Phi) is 8.11. The van der Waals surface area contributed by atoms with Crippen LogP contribution in [0.5, 0.6) is 0 Å². The standard InChI is InChI=1S/C33H31FN8O5/c1-17(43)25(31(45)46)37-23(44)14-11-18-9-12-20(13-10-18)33(2)24-27(35)38-29(39-28(24)40-32(33)47)26-21-7-5-15-36-30(21)42(41-26)16-19-6-3-4-8-22(19)34/h3-10,12-13,15,17,25,43H,11,14,16H2,1-2H3,(H,37,44)(H,45,46)(H3,35,38,39,40,47)/t17?,25?,33-/m1/s1. The fourth-order valence-electron chi connectivity index (χ4n) is 5.76. The number of carbonyl (C=O) groups excluding carboxylic acids is 2. The quantitative estimate of drug-likeness (QED) is 0.152. The van der Waals surface area contributed by atoms with Crippen molar-refractivity contribution in [3.05, 3.63) is 94.9 Å². The first-order valence-electron chi connectivity index (χ1n) is 14.8. The Bertz CT molecular complexity index is 2030. The van der Waals surface area contributed by atoms with E-state index in [1.165, 1.54) is 13.0 Å². The summed E-state index contributed by atoms with van der Waals surface area (Å²) in [5, 5.41) is 29.2. The van der Waals surface area contributed by atoms with Crippen molar-refractivity contribution < 1.29 is 29.0 Å². The molecule has 6 rings (SSSR count). The maximum absolute atomic E-state index is 14.5. The number of aryl methyl sites for hydroxylation is 1. The van der Waals surface area contributed by atoms with Crippen LogP contribution in [0.15, 0.2) is 66.9 Å². The number of anilines is 2. The average molecular weight is 639 g/mol. The van der Waals surface area contributed by atoms with E-state index in [1.807, 2.05) is 0 Å². The Hall–Kier alpha value is -5.76. The molecular formula is C33H31FN8O5. The van der Waals surface area contributed by atoms with Gasteiger partial charge in [-0.05, 0) is 49.6 Å². The van der Waals surface area contributed by atoms with Gasteiger partial charge in [0, 0.05) is 18.2 Å². The molecule has 1 aliphatic rings. The molecule has 1 aliphatic heterocycles. The minimum Gasteiger partial charge on any atom is -0.480 e. The lowest BCUT2D eigenvalue weighted by Crippen LogP contribution is -2.47. The Morgan fingerprint density at radius 1 is 1.11 bits per heavy atom. The van der Waals surface area contributed by atoms with Crippen molar-refractivity contribution >= 4 is 40.5 Å². The first-order chi connectivity index (χ1) is 22.5. The molecule has 14 heteroatoms. The van der Waals surface area contributed by atoms with Crippen LogP contribution >= 0.6 is 0 Å². The lowest BCUT2D eigenvalue weighted by atomic mass is 9.77. The molecule has 0 aliphatic carbocycles. The van der Waals surface area contributed by atoms with E-state index < -0.39 is 29.4 Å². The van der Waals surface area contributed by atoms with Gasteiger partial charge in [0.1, 0.15) is 28.6 Å². The molecule has 0 fully saturated rings. The highest BCUT2D eigenvalue weighted by Crippen LogP contribution is 2.45. The summed E-state index contributed by atoms with van der Waals surface area (Å²) in [5.74, 6) is -2.06. The number of fused-ring (bicyclic) bond motifs is 2. The Labute approximate surface area is 267 Å². The van der Waals surface area contributed by atoms with E-state index in [2.05, 4.69) is 30.7 Å². The number of rotatable bonds is 10. The number of nitrogens with zero attached hydrogens (tertiary/aromatic N) is 5. The number of aromatic nitrogens is 5. The number of nitrogens with one attached hydrogen (secondary N) is 2. The summed E-state index contributed by atoms with van der Waals surface area (Å²) < 4.78 is 16.0. The van der Waals surface area contributed by atoms with Gasteiger partial charge in [0.2, 0.25) is 11.8 Å². The number of nitrogens with two attached hydrogens (primary N) is 1. The van der Waals surface area contributed by atoms with Crippen molar-refractivity contribution in [2.45, 2.75) is 50.8 Å². The van der Waals surface area contributed by atoms with Crippen LogP contribution < -0.4 is 16.4 Å². The van der Waals surface area contributed by atoms with Gasteiger partial charge in [0.05, 0.1) is 23.6 Å². The van der Waals surface area contributed by atoms with E-state index in [1.54, 1.807) is 72.4 Å². The molecule has 47 heavy (non-hydrogen) atoms. The van der Waals surface area contributed by atoms with E-state index >= 15 is 0 Å². The zero-order valence-electron chi connectivity index (χ0n) is 25.4. The highest BCUT2D eigenvalue weighted by atomic mass is 19.1. The molecule has 0 saturated carbocycles. The van der Waals surface area contributed by atoms with Gasteiger partial charge in [0.15, 0.2) is 17.5 Å². The van der Waals surface area contributed by atoms with Crippen molar-refractivity contribution in [2.75, 3.05) is 11.1 Å². The minimum atomic E-state index is -1.40. The maximum atomic E-state index is 14.5. The number of carboxylic acid groups (broad SMARTS) is 1. The summed E-state index contributed by atoms with van der Waals surface area (Å²) >= 11 is 0. The average Bonchev–Trinajstić information content (AvgIpc) is 3.54. The number of pyridine rings is 1. The monoisotopic (exact) mass is 638 g/mol. The molecule has 0 bridgehead atoms. The topological polar surface area (TPSA) is 198 Å². The number of hydrogen-bond acceptors (Lipinski definition) is 9. The number of aliphatic carboxylic acids is 1. The molecule has 0 saturated heterocycles. The Morgan fingerprint density at radius 3 is 2.55 bits per heavy atom. The maximum Gasteiger partial charge on any atom is 0.328 e. The smallest absolute Gasteiger partial charge is 0.328 e. The van der Waals surface area contributed by atoms with E-state index in [4.69, 9.17) is 5.73 Å². The molecule has 13 nitrogen and oxygen atoms in total. The van der Waals surface area contributed by atoms with Gasteiger partial charge in [0.25, 0.3) is 0 Å². The summed E-state index contributed by atoms with van der Waals surface area (Å²) in [6, 6.07) is 15.6. The van der Waals surface area contributed by atoms with E-state index in [0.29, 0.717) is 39.8 Å². The predicted octanol–water partition coefficient (Wildman–Crippen LogP) is 2.80. The summed E-state index contributed by atoms with van der Waals surface area (Å²) in [6.45, 7) is 3.14. The van der Waals surface area contributed by atoms with Gasteiger partial charge in [-0.25, -0.2) is 28.8 Å². The van der Waals surface area contributed by atoms with Gasteiger partial charge in [-0.15, -0.1) is 0 Å². The molecule has 5 aromatic rings. The van der Waals surface area contributed by atoms with Gasteiger partial charge in [-0.1, -0.05) is 42.5 Å². The molecule has 0 spiro atoms. The summed E-state index contributed by atoms with van der Waals surface area (Å²) in [7, 11) is 0. The van der Waals surface area contributed by atoms with Crippen LogP contribution in [-0.2, 0) is 32.8 Å². The van der Waals surface area contributed by atoms with Gasteiger partial charge in [-0.3, -0.25) is 9.59 Å². The highest BCUT2D eigenvalue weighted by molar-refractivity contribution is 6.09. The number of carboxylic acids is 1. The number of halogens is 1. The van der Waals surface area contributed by atoms with Crippen LogP contribution in [0.1, 0.15) is 42.5 Å². The second kappa shape index (κ2) is 12.2. The zero-order chi connectivity index (χ0) is 33.5. The van der Waals surface area contributed by atoms with Gasteiger partial charge < -0.3 is 26.6 Å². The molecule has 3 aromatic heterocycles. The van der Waals surface area contributed by atoms with Crippen LogP contribution in [0.4, 0.5) is 16.0 Å². The number of amides is 2. The third-order valence-electron chi connectivity index (χ3n) is 8.36. The lowest BCUT2D eigenvalue weighted by Gasteiger charge is -2.23. The Morgan fingerprint density at radius 2 is 1.85 bits per heavy atom. The number of aliphatic hydroxyl groups excluding tert-OH is 1. The van der Waals surface area contributed by atoms with Crippen LogP contribution in [0.2, 0.25) is 0 Å². The molecule has 2 aromatic carbocycles. The van der Waals surface area contributed by atoms with Gasteiger partial charge in [-0.2, -0.15) is 5.10 Å². The number of hydrogen-bond donors (Lipinski definition) is 5. The number of benzene rings is 2. The SMILES string of the molecule is CC(O)C(NC(=O)CCc1ccc([C@@]2(C)C(=O)Nc3nc(-c4nn(Cc5ccccc5F)c5ncccc45)nc(N)c32)cc1)C(=O)O. The van der Waals surface area contributed by atoms with Gasteiger partial charge >= 0.3 is 5.97 Å². The van der Waals surface area contributed by atoms with Crippen LogP contribution in [0, 0.1) is 5.82 Å². The number of nitrogen functional groups attached to an aromatic ring is 1. The second-order valence-corrected chi connectivity index (χ2v) is 11.5. The molecule has 240 valence electrons. The number of carbonyl (C=O) groups is 3. The Balaban J connectivity index is 1.26. The molecule has 4 heterocycles. The van der Waals surface area contributed by atoms with E-state index in [-0.39, 0.29) is 42.2 Å². The second-order valence-electron chi connectivity index (χ2n) is 11.5. The molecule has 2 amide bonds. The van der Waals surface area contributed by atoms with Crippen LogP contribution in [-0.4, -0.2) is 64.9 Å². The van der Waals surface area contributed by atoms with Crippen molar-refractivity contribution in [1.82, 2.24) is 30.0 Å². The van der Waals surface area contributed by atoms with Crippen molar-refractivity contribution in [3.8, 4) is 11.5 Å². The molecular weight excluding hydrogens is 607 g/mol. The third-order valence-corrected chi connectivity index (χ3v) is 8.36. The molecule has 0 radical (unpaired) electrons.